The van der Waals surface area contributed by atoms with Crippen LogP contribution in [0.3, 0.4) is 0 Å². The molecule has 2 heteroatoms. The van der Waals surface area contributed by atoms with E-state index in [1.165, 1.54) is 0 Å². The van der Waals surface area contributed by atoms with Crippen molar-refractivity contribution in [3.8, 4) is 0 Å². The van der Waals surface area contributed by atoms with Gasteiger partial charge in [-0.2, -0.15) is 0 Å². The van der Waals surface area contributed by atoms with Crippen LogP contribution >= 0.6 is 0 Å². The molecule has 0 unspecified atom stereocenters. The fraction of sp³-hybridized carbons (Fsp3) is 0.357. The molecule has 0 aliphatic heterocycles. The Morgan fingerprint density at radius 2 is 2.19 bits per heavy atom. The predicted octanol–water partition coefficient (Wildman–Crippen LogP) is 3.83. The maximum atomic E-state index is 10.7. The molecule has 16 heavy (non-hydrogen) atoms. The lowest BCUT2D eigenvalue weighted by Gasteiger charge is -2.00. The second kappa shape index (κ2) is 6.11. The molecule has 0 saturated heterocycles. The minimum absolute atomic E-state index is 0.339. The van der Waals surface area contributed by atoms with E-state index in [-0.39, 0.29) is 0 Å². The zero-order valence-corrected chi connectivity index (χ0v) is 9.81. The number of carboxylic acid groups (broad SMARTS) is 1. The second-order valence-corrected chi connectivity index (χ2v) is 4.30. The molecule has 0 saturated carbocycles. The van der Waals surface area contributed by atoms with Gasteiger partial charge in [0.05, 0.1) is 5.56 Å². The first-order valence-corrected chi connectivity index (χ1v) is 5.59. The molecule has 0 aromatic heterocycles. The van der Waals surface area contributed by atoms with Gasteiger partial charge in [-0.1, -0.05) is 38.1 Å². The molecule has 0 aliphatic carbocycles. The van der Waals surface area contributed by atoms with Crippen LogP contribution in [-0.4, -0.2) is 11.1 Å². The summed E-state index contributed by atoms with van der Waals surface area (Å²) in [6.07, 6.45) is 6.28. The van der Waals surface area contributed by atoms with E-state index in [0.717, 1.165) is 18.4 Å². The smallest absolute Gasteiger partial charge is 0.335 e. The van der Waals surface area contributed by atoms with Crippen LogP contribution in [0.15, 0.2) is 30.3 Å². The quantitative estimate of drug-likeness (QED) is 0.815. The summed E-state index contributed by atoms with van der Waals surface area (Å²) in [4.78, 5) is 10.7. The highest BCUT2D eigenvalue weighted by molar-refractivity contribution is 5.88. The van der Waals surface area contributed by atoms with Crippen LogP contribution in [0.25, 0.3) is 6.08 Å². The number of carboxylic acids is 1. The van der Waals surface area contributed by atoms with Crippen LogP contribution in [0.1, 0.15) is 42.6 Å². The number of hydrogen-bond acceptors (Lipinski definition) is 1. The molecule has 0 atom stereocenters. The van der Waals surface area contributed by atoms with Gasteiger partial charge in [-0.3, -0.25) is 0 Å². The molecule has 0 fully saturated rings. The molecule has 2 nitrogen and oxygen atoms in total. The lowest BCUT2D eigenvalue weighted by molar-refractivity contribution is 0.0697. The second-order valence-electron chi connectivity index (χ2n) is 4.30. The van der Waals surface area contributed by atoms with Crippen molar-refractivity contribution in [1.82, 2.24) is 0 Å². The minimum Gasteiger partial charge on any atom is -0.478 e. The van der Waals surface area contributed by atoms with E-state index in [0.29, 0.717) is 11.5 Å². The summed E-state index contributed by atoms with van der Waals surface area (Å²) in [5.41, 5.74) is 1.29. The Balaban J connectivity index is 2.60. The van der Waals surface area contributed by atoms with Crippen LogP contribution in [0.4, 0.5) is 0 Å². The molecule has 0 bridgehead atoms. The van der Waals surface area contributed by atoms with Crippen molar-refractivity contribution < 1.29 is 9.90 Å². The van der Waals surface area contributed by atoms with Gasteiger partial charge >= 0.3 is 5.97 Å². The van der Waals surface area contributed by atoms with E-state index in [4.69, 9.17) is 5.11 Å². The van der Waals surface area contributed by atoms with Crippen molar-refractivity contribution in [2.45, 2.75) is 26.7 Å². The normalized spacial score (nSPS) is 11.2. The van der Waals surface area contributed by atoms with Gasteiger partial charge in [0.15, 0.2) is 0 Å². The lowest BCUT2D eigenvalue weighted by Crippen LogP contribution is -1.95. The molecule has 0 heterocycles. The Kier molecular flexibility index (Phi) is 4.77. The zero-order chi connectivity index (χ0) is 12.0. The average Bonchev–Trinajstić information content (AvgIpc) is 2.24. The molecule has 1 rings (SSSR count). The maximum Gasteiger partial charge on any atom is 0.335 e. The molecule has 1 aromatic carbocycles. The Morgan fingerprint density at radius 1 is 1.44 bits per heavy atom. The number of aromatic carboxylic acids is 1. The SMILES string of the molecule is CC(C)CC/C=C/c1cccc(C(=O)O)c1. The van der Waals surface area contributed by atoms with Gasteiger partial charge in [0.1, 0.15) is 0 Å². The summed E-state index contributed by atoms with van der Waals surface area (Å²) in [7, 11) is 0. The van der Waals surface area contributed by atoms with Crippen LogP contribution in [0.5, 0.6) is 0 Å². The molecule has 1 N–H and O–H groups in total. The van der Waals surface area contributed by atoms with E-state index < -0.39 is 5.97 Å². The van der Waals surface area contributed by atoms with Crippen molar-refractivity contribution in [2.24, 2.45) is 5.92 Å². The fourth-order valence-corrected chi connectivity index (χ4v) is 1.42. The van der Waals surface area contributed by atoms with Crippen molar-refractivity contribution in [2.75, 3.05) is 0 Å². The molecule has 86 valence electrons. The Morgan fingerprint density at radius 3 is 2.81 bits per heavy atom. The van der Waals surface area contributed by atoms with Crippen LogP contribution in [0.2, 0.25) is 0 Å². The van der Waals surface area contributed by atoms with Crippen LogP contribution < -0.4 is 0 Å². The standard InChI is InChI=1S/C14H18O2/c1-11(2)6-3-4-7-12-8-5-9-13(10-12)14(15)16/h4-5,7-11H,3,6H2,1-2H3,(H,15,16)/b7-4+. The summed E-state index contributed by atoms with van der Waals surface area (Å²) in [6.45, 7) is 4.39. The molecule has 0 aliphatic rings. The third kappa shape index (κ3) is 4.30. The monoisotopic (exact) mass is 218 g/mol. The van der Waals surface area contributed by atoms with Gasteiger partial charge in [0.25, 0.3) is 0 Å². The highest BCUT2D eigenvalue weighted by atomic mass is 16.4. The van der Waals surface area contributed by atoms with Gasteiger partial charge in [-0.25, -0.2) is 4.79 Å². The summed E-state index contributed by atoms with van der Waals surface area (Å²) in [6, 6.07) is 6.98. The zero-order valence-electron chi connectivity index (χ0n) is 9.81. The number of carbonyl (C=O) groups is 1. The summed E-state index contributed by atoms with van der Waals surface area (Å²) >= 11 is 0. The van der Waals surface area contributed by atoms with E-state index in [9.17, 15) is 4.79 Å². The van der Waals surface area contributed by atoms with Gasteiger partial charge in [-0.05, 0) is 36.5 Å². The summed E-state index contributed by atoms with van der Waals surface area (Å²) < 4.78 is 0. The predicted molar refractivity (Wildman–Crippen MR) is 66.5 cm³/mol. The highest BCUT2D eigenvalue weighted by Crippen LogP contribution is 2.09. The first kappa shape index (κ1) is 12.5. The summed E-state index contributed by atoms with van der Waals surface area (Å²) in [5.74, 6) is -0.174. The molecular formula is C14H18O2. The van der Waals surface area contributed by atoms with E-state index >= 15 is 0 Å². The topological polar surface area (TPSA) is 37.3 Å². The Hall–Kier alpha value is -1.57. The van der Waals surface area contributed by atoms with Crippen LogP contribution in [0, 0.1) is 5.92 Å². The molecule has 1 aromatic rings. The largest absolute Gasteiger partial charge is 0.478 e. The molecule has 0 radical (unpaired) electrons. The first-order chi connectivity index (χ1) is 7.59. The first-order valence-electron chi connectivity index (χ1n) is 5.59. The van der Waals surface area contributed by atoms with Crippen molar-refractivity contribution in [1.29, 1.82) is 0 Å². The number of hydrogen-bond donors (Lipinski definition) is 1. The number of benzene rings is 1. The molecule has 0 spiro atoms. The van der Waals surface area contributed by atoms with E-state index in [2.05, 4.69) is 19.9 Å². The number of allylic oxidation sites excluding steroid dienone is 1. The highest BCUT2D eigenvalue weighted by Gasteiger charge is 2.00. The van der Waals surface area contributed by atoms with Gasteiger partial charge < -0.3 is 5.11 Å². The molecule has 0 amide bonds. The average molecular weight is 218 g/mol. The Bertz CT molecular complexity index is 378. The van der Waals surface area contributed by atoms with E-state index in [1.54, 1.807) is 18.2 Å². The van der Waals surface area contributed by atoms with Crippen molar-refractivity contribution in [3.05, 3.63) is 41.5 Å². The third-order valence-corrected chi connectivity index (χ3v) is 2.35. The van der Waals surface area contributed by atoms with E-state index in [1.807, 2.05) is 12.1 Å². The Labute approximate surface area is 96.6 Å². The summed E-state index contributed by atoms with van der Waals surface area (Å²) in [5, 5.41) is 8.83. The maximum absolute atomic E-state index is 10.7. The lowest BCUT2D eigenvalue weighted by atomic mass is 10.1. The number of rotatable bonds is 5. The minimum atomic E-state index is -0.877. The van der Waals surface area contributed by atoms with Crippen molar-refractivity contribution >= 4 is 12.0 Å². The molecular weight excluding hydrogens is 200 g/mol. The third-order valence-electron chi connectivity index (χ3n) is 2.35. The fourth-order valence-electron chi connectivity index (χ4n) is 1.42. The van der Waals surface area contributed by atoms with Gasteiger partial charge in [0, 0.05) is 0 Å². The van der Waals surface area contributed by atoms with Gasteiger partial charge in [-0.15, -0.1) is 0 Å². The van der Waals surface area contributed by atoms with Gasteiger partial charge in [0.2, 0.25) is 0 Å². The van der Waals surface area contributed by atoms with Crippen LogP contribution in [-0.2, 0) is 0 Å². The van der Waals surface area contributed by atoms with Crippen molar-refractivity contribution in [3.63, 3.8) is 0 Å².